The van der Waals surface area contributed by atoms with Crippen LogP contribution in [0.25, 0.3) is 0 Å². The molecule has 2 atom stereocenters. The number of carbonyl (C=O) groups is 1. The van der Waals surface area contributed by atoms with E-state index in [0.29, 0.717) is 13.1 Å². The van der Waals surface area contributed by atoms with Gasteiger partial charge in [-0.3, -0.25) is 0 Å². The zero-order chi connectivity index (χ0) is 14.8. The van der Waals surface area contributed by atoms with Crippen molar-refractivity contribution >= 4 is 6.09 Å². The molecule has 0 aromatic rings. The number of amides is 1. The van der Waals surface area contributed by atoms with Crippen LogP contribution in [0, 0.1) is 5.92 Å². The maximum Gasteiger partial charge on any atom is 0.410 e. The number of nitrogens with zero attached hydrogens (tertiary/aromatic N) is 1. The van der Waals surface area contributed by atoms with E-state index >= 15 is 0 Å². The minimum atomic E-state index is -0.484. The van der Waals surface area contributed by atoms with Crippen molar-refractivity contribution in [3.05, 3.63) is 11.6 Å². The van der Waals surface area contributed by atoms with Crippen LogP contribution in [-0.4, -0.2) is 40.9 Å². The van der Waals surface area contributed by atoms with E-state index in [0.717, 1.165) is 12.8 Å². The predicted octanol–water partition coefficient (Wildman–Crippen LogP) is 3.10. The van der Waals surface area contributed by atoms with Crippen LogP contribution in [0.15, 0.2) is 11.6 Å². The second-order valence-electron chi connectivity index (χ2n) is 6.94. The number of likely N-dealkylation sites (tertiary alicyclic amines) is 1. The van der Waals surface area contributed by atoms with Gasteiger partial charge in [-0.25, -0.2) is 4.79 Å². The van der Waals surface area contributed by atoms with Crippen LogP contribution in [0.1, 0.15) is 52.9 Å². The van der Waals surface area contributed by atoms with Gasteiger partial charge < -0.3 is 14.7 Å². The lowest BCUT2D eigenvalue weighted by atomic mass is 9.92. The highest BCUT2D eigenvalue weighted by molar-refractivity contribution is 5.68. The van der Waals surface area contributed by atoms with Crippen LogP contribution < -0.4 is 0 Å². The molecule has 2 rings (SSSR count). The Morgan fingerprint density at radius 1 is 1.30 bits per heavy atom. The summed E-state index contributed by atoms with van der Waals surface area (Å²) in [4.78, 5) is 13.7. The Hall–Kier alpha value is -1.03. The van der Waals surface area contributed by atoms with Gasteiger partial charge >= 0.3 is 6.09 Å². The van der Waals surface area contributed by atoms with E-state index in [1.165, 1.54) is 24.8 Å². The molecule has 1 aliphatic carbocycles. The van der Waals surface area contributed by atoms with Gasteiger partial charge in [-0.05, 0) is 46.5 Å². The molecule has 0 radical (unpaired) electrons. The molecule has 0 spiro atoms. The molecule has 1 saturated heterocycles. The van der Waals surface area contributed by atoms with Crippen LogP contribution in [0.4, 0.5) is 4.79 Å². The Kier molecular flexibility index (Phi) is 4.74. The van der Waals surface area contributed by atoms with Crippen molar-refractivity contribution in [1.29, 1.82) is 0 Å². The van der Waals surface area contributed by atoms with Gasteiger partial charge in [0.25, 0.3) is 0 Å². The maximum atomic E-state index is 12.1. The fourth-order valence-corrected chi connectivity index (χ4v) is 3.00. The summed E-state index contributed by atoms with van der Waals surface area (Å²) >= 11 is 0. The third kappa shape index (κ3) is 3.98. The van der Waals surface area contributed by atoms with Crippen LogP contribution in [0.3, 0.4) is 0 Å². The molecule has 1 fully saturated rings. The molecule has 0 bridgehead atoms. The van der Waals surface area contributed by atoms with Gasteiger partial charge in [-0.1, -0.05) is 18.1 Å². The zero-order valence-corrected chi connectivity index (χ0v) is 12.9. The summed E-state index contributed by atoms with van der Waals surface area (Å²) < 4.78 is 5.39. The van der Waals surface area contributed by atoms with Crippen LogP contribution in [0.5, 0.6) is 0 Å². The average molecular weight is 281 g/mol. The minimum Gasteiger partial charge on any atom is -0.444 e. The second-order valence-corrected chi connectivity index (χ2v) is 6.94. The van der Waals surface area contributed by atoms with Gasteiger partial charge in [0.05, 0.1) is 12.6 Å². The Morgan fingerprint density at radius 3 is 2.75 bits per heavy atom. The van der Waals surface area contributed by atoms with Crippen LogP contribution in [0.2, 0.25) is 0 Å². The number of carbonyl (C=O) groups excluding carboxylic acids is 1. The van der Waals surface area contributed by atoms with E-state index in [2.05, 4.69) is 6.08 Å². The first-order valence-electron chi connectivity index (χ1n) is 7.72. The number of allylic oxidation sites excluding steroid dienone is 1. The number of rotatable bonds is 1. The number of β-amino-alcohol motifs (C(OH)–C–C–N with tert-alkyl or cyclic N) is 1. The van der Waals surface area contributed by atoms with E-state index in [1.54, 1.807) is 4.90 Å². The van der Waals surface area contributed by atoms with Crippen molar-refractivity contribution in [2.75, 3.05) is 13.1 Å². The quantitative estimate of drug-likeness (QED) is 0.751. The van der Waals surface area contributed by atoms with Crippen LogP contribution >= 0.6 is 0 Å². The van der Waals surface area contributed by atoms with Crippen molar-refractivity contribution in [3.8, 4) is 0 Å². The molecule has 1 N–H and O–H groups in total. The van der Waals surface area contributed by atoms with E-state index < -0.39 is 11.7 Å². The topological polar surface area (TPSA) is 49.8 Å². The smallest absolute Gasteiger partial charge is 0.410 e. The van der Waals surface area contributed by atoms with Gasteiger partial charge in [-0.2, -0.15) is 0 Å². The normalized spacial score (nSPS) is 28.0. The summed E-state index contributed by atoms with van der Waals surface area (Å²) in [6.45, 7) is 6.56. The zero-order valence-electron chi connectivity index (χ0n) is 12.9. The van der Waals surface area contributed by atoms with E-state index in [4.69, 9.17) is 4.74 Å². The Morgan fingerprint density at radius 2 is 2.05 bits per heavy atom. The highest BCUT2D eigenvalue weighted by Crippen LogP contribution is 2.31. The third-order valence-corrected chi connectivity index (χ3v) is 3.99. The maximum absolute atomic E-state index is 12.1. The molecule has 1 heterocycles. The second kappa shape index (κ2) is 6.17. The van der Waals surface area contributed by atoms with Gasteiger partial charge in [0.2, 0.25) is 0 Å². The average Bonchev–Trinajstić information content (AvgIpc) is 2.57. The summed E-state index contributed by atoms with van der Waals surface area (Å²) in [7, 11) is 0. The summed E-state index contributed by atoms with van der Waals surface area (Å²) in [5.41, 5.74) is 0.850. The SMILES string of the molecule is CC(C)(C)OC(=O)N1C[C@H](C2=CCCCCC2)[C@@H](O)C1. The molecule has 4 heteroatoms. The van der Waals surface area contributed by atoms with Gasteiger partial charge in [0, 0.05) is 12.5 Å². The molecule has 20 heavy (non-hydrogen) atoms. The number of hydrogen-bond donors (Lipinski definition) is 1. The molecule has 1 aliphatic heterocycles. The van der Waals surface area contributed by atoms with Crippen molar-refractivity contribution in [1.82, 2.24) is 4.90 Å². The highest BCUT2D eigenvalue weighted by atomic mass is 16.6. The van der Waals surface area contributed by atoms with E-state index in [1.807, 2.05) is 20.8 Å². The number of ether oxygens (including phenoxy) is 1. The first-order valence-corrected chi connectivity index (χ1v) is 7.72. The molecule has 2 aliphatic rings. The molecular weight excluding hydrogens is 254 g/mol. The van der Waals surface area contributed by atoms with Crippen molar-refractivity contribution in [2.24, 2.45) is 5.92 Å². The van der Waals surface area contributed by atoms with Crippen LogP contribution in [-0.2, 0) is 4.74 Å². The molecule has 0 aromatic heterocycles. The first kappa shape index (κ1) is 15.4. The molecule has 4 nitrogen and oxygen atoms in total. The van der Waals surface area contributed by atoms with Gasteiger partial charge in [0.15, 0.2) is 0 Å². The Bertz CT molecular complexity index is 384. The van der Waals surface area contributed by atoms with E-state index in [9.17, 15) is 9.90 Å². The van der Waals surface area contributed by atoms with Crippen molar-refractivity contribution in [3.63, 3.8) is 0 Å². The first-order chi connectivity index (χ1) is 9.37. The lowest BCUT2D eigenvalue weighted by molar-refractivity contribution is 0.0270. The fraction of sp³-hybridized carbons (Fsp3) is 0.812. The number of aliphatic hydroxyl groups is 1. The molecule has 0 aromatic carbocycles. The van der Waals surface area contributed by atoms with Gasteiger partial charge in [-0.15, -0.1) is 0 Å². The van der Waals surface area contributed by atoms with Crippen molar-refractivity contribution in [2.45, 2.75) is 64.6 Å². The lowest BCUT2D eigenvalue weighted by Crippen LogP contribution is -2.35. The summed E-state index contributed by atoms with van der Waals surface area (Å²) in [5.74, 6) is 0.0978. The summed E-state index contributed by atoms with van der Waals surface area (Å²) in [6.07, 6.45) is 7.37. The molecular formula is C16H27NO3. The molecule has 0 unspecified atom stereocenters. The summed E-state index contributed by atoms with van der Waals surface area (Å²) in [6, 6.07) is 0. The monoisotopic (exact) mass is 281 g/mol. The molecule has 1 amide bonds. The van der Waals surface area contributed by atoms with E-state index in [-0.39, 0.29) is 12.0 Å². The largest absolute Gasteiger partial charge is 0.444 e. The van der Waals surface area contributed by atoms with Gasteiger partial charge in [0.1, 0.15) is 5.60 Å². The molecule has 114 valence electrons. The Labute approximate surface area is 121 Å². The third-order valence-electron chi connectivity index (χ3n) is 3.99. The molecule has 0 saturated carbocycles. The minimum absolute atomic E-state index is 0.0978. The Balaban J connectivity index is 1.98. The standard InChI is InChI=1S/C16H27NO3/c1-16(2,3)20-15(19)17-10-13(14(18)11-17)12-8-6-4-5-7-9-12/h8,13-14,18H,4-7,9-11H2,1-3H3/t13-,14+/m1/s1. The highest BCUT2D eigenvalue weighted by Gasteiger charge is 2.37. The number of aliphatic hydroxyl groups excluding tert-OH is 1. The number of hydrogen-bond acceptors (Lipinski definition) is 3. The lowest BCUT2D eigenvalue weighted by Gasteiger charge is -2.24. The fourth-order valence-electron chi connectivity index (χ4n) is 3.00. The predicted molar refractivity (Wildman–Crippen MR) is 78.5 cm³/mol. The van der Waals surface area contributed by atoms with Crippen molar-refractivity contribution < 1.29 is 14.6 Å². The summed E-state index contributed by atoms with van der Waals surface area (Å²) in [5, 5.41) is 10.3.